The average Bonchev–Trinajstić information content (AvgIpc) is 3.12. The molecule has 3 rings (SSSR count). The maximum absolute atomic E-state index is 12.1. The lowest BCUT2D eigenvalue weighted by molar-refractivity contribution is -0.384. The maximum atomic E-state index is 12.1. The minimum Gasteiger partial charge on any atom is -0.494 e. The van der Waals surface area contributed by atoms with E-state index in [2.05, 4.69) is 20.8 Å². The molecule has 10 heteroatoms. The highest BCUT2D eigenvalue weighted by Gasteiger charge is 2.13. The molecule has 0 unspecified atom stereocenters. The van der Waals surface area contributed by atoms with Gasteiger partial charge in [0.1, 0.15) is 10.8 Å². The van der Waals surface area contributed by atoms with Gasteiger partial charge in [-0.1, -0.05) is 23.5 Å². The topological polar surface area (TPSA) is 119 Å². The van der Waals surface area contributed by atoms with Crippen molar-refractivity contribution in [1.29, 1.82) is 0 Å². The second-order valence-electron chi connectivity index (χ2n) is 5.26. The number of amides is 2. The Balaban J connectivity index is 1.64. The third-order valence-electron chi connectivity index (χ3n) is 3.37. The standard InChI is InChI=1S/C17H15N5O4S/c1-2-26-14-8-6-12(7-9-14)18-16(23)19-17-21-20-15(27-17)11-4-3-5-13(10-11)22(24)25/h3-10H,2H2,1H3,(H2,18,19,21,23). The minimum absolute atomic E-state index is 0.0366. The van der Waals surface area contributed by atoms with Crippen LogP contribution in [0.5, 0.6) is 5.75 Å². The Bertz CT molecular complexity index is 958. The molecule has 2 amide bonds. The van der Waals surface area contributed by atoms with Crippen LogP contribution in [0.1, 0.15) is 6.92 Å². The molecule has 0 atom stereocenters. The number of benzene rings is 2. The highest BCUT2D eigenvalue weighted by Crippen LogP contribution is 2.28. The van der Waals surface area contributed by atoms with Gasteiger partial charge in [0.05, 0.1) is 11.5 Å². The molecule has 2 N–H and O–H groups in total. The molecule has 0 saturated carbocycles. The Hall–Kier alpha value is -3.53. The Morgan fingerprint density at radius 2 is 1.96 bits per heavy atom. The van der Waals surface area contributed by atoms with Crippen LogP contribution in [0.3, 0.4) is 0 Å². The number of rotatable bonds is 6. The summed E-state index contributed by atoms with van der Waals surface area (Å²) in [5, 5.41) is 24.7. The first-order valence-electron chi connectivity index (χ1n) is 7.94. The molecule has 138 valence electrons. The molecule has 0 aliphatic carbocycles. The summed E-state index contributed by atoms with van der Waals surface area (Å²) in [5.74, 6) is 0.717. The fourth-order valence-electron chi connectivity index (χ4n) is 2.20. The molecule has 9 nitrogen and oxygen atoms in total. The summed E-state index contributed by atoms with van der Waals surface area (Å²) in [4.78, 5) is 22.5. The monoisotopic (exact) mass is 385 g/mol. The van der Waals surface area contributed by atoms with Crippen LogP contribution in [-0.4, -0.2) is 27.8 Å². The van der Waals surface area contributed by atoms with Crippen molar-refractivity contribution < 1.29 is 14.5 Å². The van der Waals surface area contributed by atoms with Crippen molar-refractivity contribution >= 4 is 33.9 Å². The van der Waals surface area contributed by atoms with Crippen LogP contribution in [0.4, 0.5) is 21.3 Å². The van der Waals surface area contributed by atoms with Crippen LogP contribution in [0.15, 0.2) is 48.5 Å². The molecule has 0 spiro atoms. The summed E-state index contributed by atoms with van der Waals surface area (Å²) in [5.41, 5.74) is 1.12. The number of urea groups is 1. The van der Waals surface area contributed by atoms with Gasteiger partial charge in [0, 0.05) is 23.4 Å². The number of ether oxygens (including phenoxy) is 1. The van der Waals surface area contributed by atoms with E-state index in [4.69, 9.17) is 4.74 Å². The molecule has 27 heavy (non-hydrogen) atoms. The van der Waals surface area contributed by atoms with Crippen LogP contribution < -0.4 is 15.4 Å². The molecule has 1 heterocycles. The molecule has 1 aromatic heterocycles. The SMILES string of the molecule is CCOc1ccc(NC(=O)Nc2nnc(-c3cccc([N+](=O)[O-])c3)s2)cc1. The predicted molar refractivity (Wildman–Crippen MR) is 102 cm³/mol. The average molecular weight is 385 g/mol. The molecular formula is C17H15N5O4S. The number of non-ortho nitro benzene ring substituents is 1. The molecule has 0 radical (unpaired) electrons. The van der Waals surface area contributed by atoms with Gasteiger partial charge in [0.2, 0.25) is 5.13 Å². The van der Waals surface area contributed by atoms with E-state index < -0.39 is 11.0 Å². The predicted octanol–water partition coefficient (Wildman–Crippen LogP) is 4.16. The maximum Gasteiger partial charge on any atom is 0.325 e. The lowest BCUT2D eigenvalue weighted by Gasteiger charge is -2.06. The molecule has 0 aliphatic heterocycles. The van der Waals surface area contributed by atoms with Crippen LogP contribution in [-0.2, 0) is 0 Å². The van der Waals surface area contributed by atoms with Crippen molar-refractivity contribution in [1.82, 2.24) is 10.2 Å². The van der Waals surface area contributed by atoms with E-state index >= 15 is 0 Å². The zero-order valence-corrected chi connectivity index (χ0v) is 15.0. The number of nitrogens with zero attached hydrogens (tertiary/aromatic N) is 3. The second kappa shape index (κ2) is 8.23. The third-order valence-corrected chi connectivity index (χ3v) is 4.26. The van der Waals surface area contributed by atoms with E-state index in [1.54, 1.807) is 36.4 Å². The summed E-state index contributed by atoms with van der Waals surface area (Å²) < 4.78 is 5.34. The minimum atomic E-state index is -0.478. The van der Waals surface area contributed by atoms with Crippen LogP contribution in [0.25, 0.3) is 10.6 Å². The molecule has 2 aromatic carbocycles. The summed E-state index contributed by atoms with van der Waals surface area (Å²) in [7, 11) is 0. The van der Waals surface area contributed by atoms with E-state index in [9.17, 15) is 14.9 Å². The largest absolute Gasteiger partial charge is 0.494 e. The zero-order valence-electron chi connectivity index (χ0n) is 14.2. The van der Waals surface area contributed by atoms with Gasteiger partial charge in [0.25, 0.3) is 5.69 Å². The van der Waals surface area contributed by atoms with Crippen LogP contribution in [0, 0.1) is 10.1 Å². The molecule has 0 fully saturated rings. The van der Waals surface area contributed by atoms with Gasteiger partial charge < -0.3 is 10.1 Å². The summed E-state index contributed by atoms with van der Waals surface area (Å²) >= 11 is 1.12. The smallest absolute Gasteiger partial charge is 0.325 e. The van der Waals surface area contributed by atoms with Crippen molar-refractivity contribution in [3.05, 3.63) is 58.6 Å². The molecule has 0 saturated heterocycles. The van der Waals surface area contributed by atoms with Gasteiger partial charge in [-0.25, -0.2) is 4.79 Å². The van der Waals surface area contributed by atoms with E-state index in [1.807, 2.05) is 6.92 Å². The number of nitro benzene ring substituents is 1. The number of hydrogen-bond donors (Lipinski definition) is 2. The zero-order chi connectivity index (χ0) is 19.2. The number of nitro groups is 1. The Kier molecular flexibility index (Phi) is 5.57. The second-order valence-corrected chi connectivity index (χ2v) is 6.23. The normalized spacial score (nSPS) is 10.3. The number of carbonyl (C=O) groups is 1. The Labute approximate surface area is 158 Å². The third kappa shape index (κ3) is 4.76. The van der Waals surface area contributed by atoms with Crippen molar-refractivity contribution in [3.8, 4) is 16.3 Å². The van der Waals surface area contributed by atoms with E-state index in [1.165, 1.54) is 12.1 Å². The van der Waals surface area contributed by atoms with Crippen molar-refractivity contribution in [2.45, 2.75) is 6.92 Å². The summed E-state index contributed by atoms with van der Waals surface area (Å²) in [6.45, 7) is 2.46. The van der Waals surface area contributed by atoms with Gasteiger partial charge in [-0.3, -0.25) is 15.4 Å². The van der Waals surface area contributed by atoms with Crippen LogP contribution >= 0.6 is 11.3 Å². The van der Waals surface area contributed by atoms with Gasteiger partial charge in [-0.05, 0) is 31.2 Å². The van der Waals surface area contributed by atoms with E-state index in [-0.39, 0.29) is 10.8 Å². The van der Waals surface area contributed by atoms with Crippen molar-refractivity contribution in [3.63, 3.8) is 0 Å². The lowest BCUT2D eigenvalue weighted by atomic mass is 10.2. The number of carbonyl (C=O) groups excluding carboxylic acids is 1. The molecular weight excluding hydrogens is 370 g/mol. The van der Waals surface area contributed by atoms with Gasteiger partial charge >= 0.3 is 6.03 Å². The molecule has 0 aliphatic rings. The first kappa shape index (κ1) is 18.3. The van der Waals surface area contributed by atoms with Crippen molar-refractivity contribution in [2.24, 2.45) is 0 Å². The number of nitrogens with one attached hydrogen (secondary N) is 2. The number of aromatic nitrogens is 2. The number of anilines is 2. The lowest BCUT2D eigenvalue weighted by Crippen LogP contribution is -2.19. The first-order valence-corrected chi connectivity index (χ1v) is 8.76. The quantitative estimate of drug-likeness (QED) is 0.486. The first-order chi connectivity index (χ1) is 13.0. The number of hydrogen-bond acceptors (Lipinski definition) is 7. The Morgan fingerprint density at radius 3 is 2.67 bits per heavy atom. The van der Waals surface area contributed by atoms with Crippen molar-refractivity contribution in [2.75, 3.05) is 17.2 Å². The van der Waals surface area contributed by atoms with E-state index in [0.717, 1.165) is 11.3 Å². The fourth-order valence-corrected chi connectivity index (χ4v) is 2.94. The molecule has 0 bridgehead atoms. The highest BCUT2D eigenvalue weighted by atomic mass is 32.1. The van der Waals surface area contributed by atoms with Gasteiger partial charge in [0.15, 0.2) is 0 Å². The van der Waals surface area contributed by atoms with Crippen LogP contribution in [0.2, 0.25) is 0 Å². The van der Waals surface area contributed by atoms with E-state index in [0.29, 0.717) is 28.6 Å². The Morgan fingerprint density at radius 1 is 1.19 bits per heavy atom. The van der Waals surface area contributed by atoms with Gasteiger partial charge in [-0.15, -0.1) is 10.2 Å². The highest BCUT2D eigenvalue weighted by molar-refractivity contribution is 7.18. The fraction of sp³-hybridized carbons (Fsp3) is 0.118. The molecule has 3 aromatic rings. The summed E-state index contributed by atoms with van der Waals surface area (Å²) in [6.07, 6.45) is 0. The summed E-state index contributed by atoms with van der Waals surface area (Å²) in [6, 6.07) is 12.5. The van der Waals surface area contributed by atoms with Gasteiger partial charge in [-0.2, -0.15) is 0 Å².